The Morgan fingerprint density at radius 1 is 1.60 bits per heavy atom. The first kappa shape index (κ1) is 10.6. The van der Waals surface area contributed by atoms with Crippen molar-refractivity contribution in [3.8, 4) is 0 Å². The maximum Gasteiger partial charge on any atom is 0.211 e. The number of rotatable bonds is 2. The normalized spacial score (nSPS) is 23.5. The van der Waals surface area contributed by atoms with Crippen LogP contribution in [0.2, 0.25) is 0 Å². The van der Waals surface area contributed by atoms with Gasteiger partial charge in [0, 0.05) is 12.6 Å². The molecule has 1 fully saturated rings. The molecule has 0 amide bonds. The van der Waals surface area contributed by atoms with E-state index in [1.807, 2.05) is 0 Å². The molecule has 0 unspecified atom stereocenters. The molecule has 2 heterocycles. The number of hydrogen-bond acceptors (Lipinski definition) is 4. The zero-order chi connectivity index (χ0) is 11.1. The van der Waals surface area contributed by atoms with Crippen molar-refractivity contribution < 1.29 is 12.9 Å². The van der Waals surface area contributed by atoms with E-state index in [0.717, 1.165) is 18.5 Å². The number of sulfonamides is 1. The number of hydrogen-bond donors (Lipinski definition) is 0. The van der Waals surface area contributed by atoms with Crippen LogP contribution in [0.15, 0.2) is 10.6 Å². The van der Waals surface area contributed by atoms with Gasteiger partial charge in [-0.05, 0) is 19.8 Å². The van der Waals surface area contributed by atoms with Crippen LogP contribution in [0.1, 0.15) is 30.3 Å². The minimum absolute atomic E-state index is 0.141. The highest BCUT2D eigenvalue weighted by Crippen LogP contribution is 2.33. The molecular formula is C9H14N2O3S. The van der Waals surface area contributed by atoms with E-state index in [0.29, 0.717) is 12.3 Å². The van der Waals surface area contributed by atoms with Crippen molar-refractivity contribution >= 4 is 10.0 Å². The van der Waals surface area contributed by atoms with E-state index in [1.165, 1.54) is 10.6 Å². The molecule has 1 saturated heterocycles. The Morgan fingerprint density at radius 2 is 2.33 bits per heavy atom. The van der Waals surface area contributed by atoms with Gasteiger partial charge in [0.2, 0.25) is 10.0 Å². The summed E-state index contributed by atoms with van der Waals surface area (Å²) in [6.45, 7) is 2.38. The maximum absolute atomic E-state index is 11.5. The highest BCUT2D eigenvalue weighted by atomic mass is 32.2. The summed E-state index contributed by atoms with van der Waals surface area (Å²) in [5.74, 6) is 0.713. The van der Waals surface area contributed by atoms with Crippen LogP contribution < -0.4 is 0 Å². The average molecular weight is 230 g/mol. The molecule has 1 atom stereocenters. The molecule has 0 bridgehead atoms. The molecule has 1 aliphatic rings. The average Bonchev–Trinajstić information content (AvgIpc) is 2.68. The molecule has 15 heavy (non-hydrogen) atoms. The van der Waals surface area contributed by atoms with Gasteiger partial charge in [-0.1, -0.05) is 5.16 Å². The van der Waals surface area contributed by atoms with Crippen LogP contribution >= 0.6 is 0 Å². The first-order valence-corrected chi connectivity index (χ1v) is 6.73. The summed E-state index contributed by atoms with van der Waals surface area (Å²) in [5, 5.41) is 3.88. The molecule has 5 nitrogen and oxygen atoms in total. The lowest BCUT2D eigenvalue weighted by Gasteiger charge is -2.19. The Bertz CT molecular complexity index is 452. The summed E-state index contributed by atoms with van der Waals surface area (Å²) in [6, 6.07) is 1.66. The van der Waals surface area contributed by atoms with Crippen LogP contribution in [0.3, 0.4) is 0 Å². The maximum atomic E-state index is 11.5. The number of aryl methyl sites for hydroxylation is 1. The van der Waals surface area contributed by atoms with E-state index < -0.39 is 10.0 Å². The first-order valence-electron chi connectivity index (χ1n) is 4.88. The first-order chi connectivity index (χ1) is 6.98. The highest BCUT2D eigenvalue weighted by molar-refractivity contribution is 7.88. The minimum Gasteiger partial charge on any atom is -0.361 e. The van der Waals surface area contributed by atoms with Crippen molar-refractivity contribution in [2.45, 2.75) is 25.8 Å². The SMILES string of the molecule is Cc1cc([C@H]2CCCN2S(C)(=O)=O)no1. The topological polar surface area (TPSA) is 63.4 Å². The van der Waals surface area contributed by atoms with Gasteiger partial charge in [-0.2, -0.15) is 4.31 Å². The second-order valence-corrected chi connectivity index (χ2v) is 5.83. The third-order valence-corrected chi connectivity index (χ3v) is 3.91. The molecule has 0 N–H and O–H groups in total. The van der Waals surface area contributed by atoms with Crippen molar-refractivity contribution in [2.24, 2.45) is 0 Å². The van der Waals surface area contributed by atoms with E-state index in [1.54, 1.807) is 13.0 Å². The Balaban J connectivity index is 2.30. The number of aromatic nitrogens is 1. The molecule has 2 rings (SSSR count). The summed E-state index contributed by atoms with van der Waals surface area (Å²) in [4.78, 5) is 0. The fraction of sp³-hybridized carbons (Fsp3) is 0.667. The lowest BCUT2D eigenvalue weighted by atomic mass is 10.1. The third kappa shape index (κ3) is 2.05. The van der Waals surface area contributed by atoms with E-state index in [-0.39, 0.29) is 6.04 Å². The van der Waals surface area contributed by atoms with Crippen LogP contribution in [-0.4, -0.2) is 30.7 Å². The van der Waals surface area contributed by atoms with Crippen LogP contribution in [0.4, 0.5) is 0 Å². The van der Waals surface area contributed by atoms with Crippen LogP contribution in [0, 0.1) is 6.92 Å². The molecule has 6 heteroatoms. The van der Waals surface area contributed by atoms with Gasteiger partial charge in [-0.25, -0.2) is 8.42 Å². The Hall–Kier alpha value is -0.880. The van der Waals surface area contributed by atoms with E-state index in [2.05, 4.69) is 5.16 Å². The van der Waals surface area contributed by atoms with Gasteiger partial charge in [0.25, 0.3) is 0 Å². The minimum atomic E-state index is -3.14. The monoisotopic (exact) mass is 230 g/mol. The molecular weight excluding hydrogens is 216 g/mol. The van der Waals surface area contributed by atoms with Crippen molar-refractivity contribution in [3.63, 3.8) is 0 Å². The molecule has 0 saturated carbocycles. The van der Waals surface area contributed by atoms with Gasteiger partial charge in [0.15, 0.2) is 0 Å². The fourth-order valence-corrected chi connectivity index (χ4v) is 3.11. The van der Waals surface area contributed by atoms with Crippen LogP contribution in [0.5, 0.6) is 0 Å². The van der Waals surface area contributed by atoms with Crippen LogP contribution in [-0.2, 0) is 10.0 Å². The lowest BCUT2D eigenvalue weighted by Crippen LogP contribution is -2.29. The van der Waals surface area contributed by atoms with E-state index in [9.17, 15) is 8.42 Å². The third-order valence-electron chi connectivity index (χ3n) is 2.62. The predicted molar refractivity (Wildman–Crippen MR) is 54.8 cm³/mol. The summed E-state index contributed by atoms with van der Waals surface area (Å²) in [5.41, 5.74) is 0.718. The summed E-state index contributed by atoms with van der Waals surface area (Å²) in [7, 11) is -3.14. The predicted octanol–water partition coefficient (Wildman–Crippen LogP) is 1.08. The largest absolute Gasteiger partial charge is 0.361 e. The van der Waals surface area contributed by atoms with Gasteiger partial charge in [-0.3, -0.25) is 0 Å². The van der Waals surface area contributed by atoms with Crippen molar-refractivity contribution in [2.75, 3.05) is 12.8 Å². The summed E-state index contributed by atoms with van der Waals surface area (Å²) >= 11 is 0. The Labute approximate surface area is 89.1 Å². The molecule has 0 spiro atoms. The smallest absolute Gasteiger partial charge is 0.211 e. The second kappa shape index (κ2) is 3.61. The summed E-state index contributed by atoms with van der Waals surface area (Å²) in [6.07, 6.45) is 2.93. The Kier molecular flexibility index (Phi) is 2.56. The molecule has 0 radical (unpaired) electrons. The van der Waals surface area contributed by atoms with Gasteiger partial charge in [0.1, 0.15) is 11.5 Å². The molecule has 0 aliphatic carbocycles. The highest BCUT2D eigenvalue weighted by Gasteiger charge is 2.34. The molecule has 1 aromatic heterocycles. The van der Waals surface area contributed by atoms with Gasteiger partial charge < -0.3 is 4.52 Å². The van der Waals surface area contributed by atoms with Gasteiger partial charge in [0.05, 0.1) is 12.3 Å². The lowest BCUT2D eigenvalue weighted by molar-refractivity contribution is 0.351. The molecule has 1 aromatic rings. The molecule has 84 valence electrons. The summed E-state index contributed by atoms with van der Waals surface area (Å²) < 4.78 is 29.4. The molecule has 1 aliphatic heterocycles. The van der Waals surface area contributed by atoms with Crippen molar-refractivity contribution in [1.29, 1.82) is 0 Å². The quantitative estimate of drug-likeness (QED) is 0.762. The zero-order valence-corrected chi connectivity index (χ0v) is 9.62. The van der Waals surface area contributed by atoms with E-state index in [4.69, 9.17) is 4.52 Å². The van der Waals surface area contributed by atoms with Crippen molar-refractivity contribution in [3.05, 3.63) is 17.5 Å². The van der Waals surface area contributed by atoms with Gasteiger partial charge >= 0.3 is 0 Å². The number of nitrogens with zero attached hydrogens (tertiary/aromatic N) is 2. The fourth-order valence-electron chi connectivity index (χ4n) is 1.98. The Morgan fingerprint density at radius 3 is 2.87 bits per heavy atom. The second-order valence-electron chi connectivity index (χ2n) is 3.89. The molecule has 0 aromatic carbocycles. The van der Waals surface area contributed by atoms with Crippen molar-refractivity contribution in [1.82, 2.24) is 9.46 Å². The standard InChI is InChI=1S/C9H14N2O3S/c1-7-6-8(10-14-7)9-4-3-5-11(9)15(2,12)13/h6,9H,3-5H2,1-2H3/t9-/m1/s1. The van der Waals surface area contributed by atoms with Crippen LogP contribution in [0.25, 0.3) is 0 Å². The zero-order valence-electron chi connectivity index (χ0n) is 8.80. The van der Waals surface area contributed by atoms with Gasteiger partial charge in [-0.15, -0.1) is 0 Å². The van der Waals surface area contributed by atoms with E-state index >= 15 is 0 Å².